The van der Waals surface area contributed by atoms with Crippen molar-refractivity contribution < 1.29 is 32.7 Å². The van der Waals surface area contributed by atoms with E-state index < -0.39 is 29.5 Å². The van der Waals surface area contributed by atoms with E-state index in [0.717, 1.165) is 23.9 Å². The lowest BCUT2D eigenvalue weighted by Crippen LogP contribution is -2.18. The molecule has 0 aliphatic rings. The minimum Gasteiger partial charge on any atom is -0.478 e. The molecule has 0 heterocycles. The number of halogens is 3. The number of rotatable bonds is 7. The first-order valence-corrected chi connectivity index (χ1v) is 9.46. The fourth-order valence-electron chi connectivity index (χ4n) is 2.25. The molecular weight excluding hydrogens is 421 g/mol. The molecule has 0 unspecified atom stereocenters. The van der Waals surface area contributed by atoms with E-state index in [-0.39, 0.29) is 17.0 Å². The number of carbonyl (C=O) groups excluding carboxylic acids is 2. The van der Waals surface area contributed by atoms with Crippen molar-refractivity contribution >= 4 is 40.9 Å². The van der Waals surface area contributed by atoms with Crippen LogP contribution < -0.4 is 10.6 Å². The van der Waals surface area contributed by atoms with Gasteiger partial charge in [-0.05, 0) is 43.3 Å². The number of hydrogen-bond acceptors (Lipinski definition) is 4. The van der Waals surface area contributed by atoms with Gasteiger partial charge in [0.1, 0.15) is 0 Å². The van der Waals surface area contributed by atoms with E-state index in [4.69, 9.17) is 5.11 Å². The molecule has 30 heavy (non-hydrogen) atoms. The maximum absolute atomic E-state index is 13.0. The monoisotopic (exact) mass is 438 g/mol. The molecule has 0 bridgehead atoms. The van der Waals surface area contributed by atoms with Crippen molar-refractivity contribution in [1.29, 1.82) is 0 Å². The highest BCUT2D eigenvalue weighted by atomic mass is 32.2. The lowest BCUT2D eigenvalue weighted by Gasteiger charge is -2.13. The van der Waals surface area contributed by atoms with Crippen molar-refractivity contribution in [3.05, 3.63) is 65.7 Å². The Morgan fingerprint density at radius 3 is 2.27 bits per heavy atom. The van der Waals surface area contributed by atoms with Gasteiger partial charge in [-0.2, -0.15) is 13.2 Å². The van der Waals surface area contributed by atoms with Crippen LogP contribution in [0.1, 0.15) is 12.5 Å². The fourth-order valence-corrected chi connectivity index (χ4v) is 2.94. The topological polar surface area (TPSA) is 95.5 Å². The summed E-state index contributed by atoms with van der Waals surface area (Å²) in [6.45, 7) is 1.29. The van der Waals surface area contributed by atoms with Crippen LogP contribution in [0.3, 0.4) is 0 Å². The molecule has 0 saturated heterocycles. The number of hydrogen-bond donors (Lipinski definition) is 3. The number of carboxylic acids is 1. The number of benzene rings is 2. The first-order chi connectivity index (χ1) is 14.1. The van der Waals surface area contributed by atoms with Crippen molar-refractivity contribution in [2.75, 3.05) is 16.4 Å². The second-order valence-corrected chi connectivity index (χ2v) is 7.08. The minimum absolute atomic E-state index is 0.113. The van der Waals surface area contributed by atoms with Crippen LogP contribution in [0.5, 0.6) is 0 Å². The summed E-state index contributed by atoms with van der Waals surface area (Å²) in [5.74, 6) is -2.51. The largest absolute Gasteiger partial charge is 0.478 e. The summed E-state index contributed by atoms with van der Waals surface area (Å²) in [5, 5.41) is 13.5. The zero-order valence-electron chi connectivity index (χ0n) is 15.6. The number of aliphatic carboxylic acids is 1. The predicted octanol–water partition coefficient (Wildman–Crippen LogP) is 4.41. The Bertz CT molecular complexity index is 973. The van der Waals surface area contributed by atoms with Crippen LogP contribution in [-0.4, -0.2) is 28.6 Å². The molecule has 3 N–H and O–H groups in total. The number of carboxylic acid groups (broad SMARTS) is 1. The van der Waals surface area contributed by atoms with Gasteiger partial charge < -0.3 is 15.7 Å². The van der Waals surface area contributed by atoms with Gasteiger partial charge in [-0.15, -0.1) is 11.8 Å². The second-order valence-electron chi connectivity index (χ2n) is 6.03. The van der Waals surface area contributed by atoms with Crippen molar-refractivity contribution in [1.82, 2.24) is 0 Å². The lowest BCUT2D eigenvalue weighted by atomic mass is 10.1. The number of anilines is 2. The number of alkyl halides is 3. The zero-order valence-corrected chi connectivity index (χ0v) is 16.4. The molecule has 0 saturated carbocycles. The lowest BCUT2D eigenvalue weighted by molar-refractivity contribution is -0.137. The van der Waals surface area contributed by atoms with E-state index in [0.29, 0.717) is 10.6 Å². The van der Waals surface area contributed by atoms with Crippen LogP contribution in [0.25, 0.3) is 0 Å². The van der Waals surface area contributed by atoms with Crippen LogP contribution in [0.2, 0.25) is 0 Å². The van der Waals surface area contributed by atoms with Crippen LogP contribution in [-0.2, 0) is 20.6 Å². The first kappa shape index (κ1) is 23.0. The molecule has 0 radical (unpaired) electrons. The van der Waals surface area contributed by atoms with Crippen molar-refractivity contribution in [3.8, 4) is 0 Å². The summed E-state index contributed by atoms with van der Waals surface area (Å²) in [7, 11) is 0. The third-order valence-corrected chi connectivity index (χ3v) is 4.70. The van der Waals surface area contributed by atoms with Gasteiger partial charge in [0.2, 0.25) is 11.8 Å². The molecule has 6 nitrogen and oxygen atoms in total. The highest BCUT2D eigenvalue weighted by Crippen LogP contribution is 2.34. The molecule has 2 aromatic carbocycles. The Morgan fingerprint density at radius 1 is 1.03 bits per heavy atom. The molecule has 0 aliphatic carbocycles. The van der Waals surface area contributed by atoms with Crippen molar-refractivity contribution in [2.45, 2.75) is 18.0 Å². The minimum atomic E-state index is -4.57. The van der Waals surface area contributed by atoms with E-state index in [1.54, 1.807) is 24.3 Å². The summed E-state index contributed by atoms with van der Waals surface area (Å²) in [4.78, 5) is 35.1. The summed E-state index contributed by atoms with van der Waals surface area (Å²) in [6.07, 6.45) is -3.62. The summed E-state index contributed by atoms with van der Waals surface area (Å²) < 4.78 is 38.9. The van der Waals surface area contributed by atoms with E-state index in [9.17, 15) is 27.6 Å². The molecule has 0 atom stereocenters. The Hall–Kier alpha value is -3.27. The predicted molar refractivity (Wildman–Crippen MR) is 107 cm³/mol. The summed E-state index contributed by atoms with van der Waals surface area (Å²) in [6, 6.07) is 11.1. The van der Waals surface area contributed by atoms with Gasteiger partial charge in [0, 0.05) is 22.2 Å². The molecule has 0 fully saturated rings. The number of thioether (sulfide) groups is 1. The maximum atomic E-state index is 13.0. The third-order valence-electron chi connectivity index (χ3n) is 3.68. The molecule has 2 aromatic rings. The Balaban J connectivity index is 1.91. The van der Waals surface area contributed by atoms with Crippen molar-refractivity contribution in [3.63, 3.8) is 0 Å². The number of carbonyl (C=O) groups is 3. The second kappa shape index (κ2) is 9.97. The van der Waals surface area contributed by atoms with Crippen LogP contribution in [0.15, 0.2) is 65.1 Å². The van der Waals surface area contributed by atoms with Gasteiger partial charge in [-0.3, -0.25) is 9.59 Å². The zero-order chi connectivity index (χ0) is 22.3. The average Bonchev–Trinajstić information content (AvgIpc) is 2.67. The summed E-state index contributed by atoms with van der Waals surface area (Å²) >= 11 is 1.11. The number of nitrogens with one attached hydrogen (secondary N) is 2. The van der Waals surface area contributed by atoms with E-state index in [1.807, 2.05) is 0 Å². The van der Waals surface area contributed by atoms with Gasteiger partial charge >= 0.3 is 12.1 Å². The molecule has 2 amide bonds. The van der Waals surface area contributed by atoms with Gasteiger partial charge in [0.05, 0.1) is 17.0 Å². The highest BCUT2D eigenvalue weighted by Gasteiger charge is 2.33. The van der Waals surface area contributed by atoms with Gasteiger partial charge in [-0.25, -0.2) is 4.79 Å². The summed E-state index contributed by atoms with van der Waals surface area (Å²) in [5.41, 5.74) is -0.922. The quantitative estimate of drug-likeness (QED) is 0.440. The highest BCUT2D eigenvalue weighted by molar-refractivity contribution is 8.00. The van der Waals surface area contributed by atoms with Crippen LogP contribution in [0, 0.1) is 0 Å². The van der Waals surface area contributed by atoms with Gasteiger partial charge in [0.15, 0.2) is 0 Å². The molecule has 2 rings (SSSR count). The van der Waals surface area contributed by atoms with Gasteiger partial charge in [0.25, 0.3) is 0 Å². The number of amides is 2. The number of para-hydroxylation sites is 1. The smallest absolute Gasteiger partial charge is 0.418 e. The third kappa shape index (κ3) is 6.96. The average molecular weight is 438 g/mol. The van der Waals surface area contributed by atoms with E-state index >= 15 is 0 Å². The Labute approximate surface area is 174 Å². The van der Waals surface area contributed by atoms with Crippen LogP contribution in [0.4, 0.5) is 24.5 Å². The standard InChI is InChI=1S/C20H17F3N2O4S/c1-12(19(28)29)10-17(26)24-13-6-8-14(9-7-13)30-11-18(27)25-16-5-3-2-4-15(16)20(21,22)23/h2-10H,11H2,1H3,(H,24,26)(H,25,27)(H,28,29)/b12-10+. The fraction of sp³-hybridized carbons (Fsp3) is 0.150. The SMILES string of the molecule is C/C(=C\C(=O)Nc1ccc(SCC(=O)Nc2ccccc2C(F)(F)F)cc1)C(=O)O. The van der Waals surface area contributed by atoms with Crippen LogP contribution >= 0.6 is 11.8 Å². The molecule has 0 aliphatic heterocycles. The maximum Gasteiger partial charge on any atom is 0.418 e. The molecule has 0 spiro atoms. The molecule has 158 valence electrons. The van der Waals surface area contributed by atoms with E-state index in [2.05, 4.69) is 10.6 Å². The normalized spacial score (nSPS) is 11.7. The Morgan fingerprint density at radius 2 is 1.67 bits per heavy atom. The molecule has 10 heteroatoms. The first-order valence-electron chi connectivity index (χ1n) is 8.48. The van der Waals surface area contributed by atoms with E-state index in [1.165, 1.54) is 25.1 Å². The van der Waals surface area contributed by atoms with Gasteiger partial charge in [-0.1, -0.05) is 12.1 Å². The van der Waals surface area contributed by atoms with Crippen molar-refractivity contribution in [2.24, 2.45) is 0 Å². The Kier molecular flexibility index (Phi) is 7.65. The molecule has 0 aromatic heterocycles. The molecular formula is C20H17F3N2O4S.